The molecule has 1 aliphatic rings. The van der Waals surface area contributed by atoms with Gasteiger partial charge in [0.05, 0.1) is 36.7 Å². The van der Waals surface area contributed by atoms with Crippen molar-refractivity contribution in [1.82, 2.24) is 28.7 Å². The van der Waals surface area contributed by atoms with Gasteiger partial charge in [-0.2, -0.15) is 10.2 Å². The molecule has 1 atom stereocenters. The highest BCUT2D eigenvalue weighted by Crippen LogP contribution is 2.34. The molecule has 0 saturated carbocycles. The van der Waals surface area contributed by atoms with Crippen LogP contribution in [-0.2, 0) is 11.0 Å². The lowest BCUT2D eigenvalue weighted by Gasteiger charge is -2.30. The van der Waals surface area contributed by atoms with Crippen LogP contribution in [0.5, 0.6) is 11.5 Å². The van der Waals surface area contributed by atoms with E-state index in [0.717, 1.165) is 29.8 Å². The number of carbonyl (C=O) groups excluding carboxylic acids is 1. The zero-order chi connectivity index (χ0) is 29.2. The molecule has 1 saturated heterocycles. The third-order valence-electron chi connectivity index (χ3n) is 7.44. The Balaban J connectivity index is 0.00000368. The number of aryl methyl sites for hydroxylation is 1. The second-order valence-electron chi connectivity index (χ2n) is 10.1. The lowest BCUT2D eigenvalue weighted by molar-refractivity contribution is 0.102. The summed E-state index contributed by atoms with van der Waals surface area (Å²) in [6.07, 6.45) is 6.42. The van der Waals surface area contributed by atoms with Crippen LogP contribution in [0.25, 0.3) is 11.3 Å². The number of hydrogen-bond acceptors (Lipinski definition) is 7. The van der Waals surface area contributed by atoms with Crippen LogP contribution in [0.1, 0.15) is 40.4 Å². The highest BCUT2D eigenvalue weighted by molar-refractivity contribution is 7.82. The molecule has 0 aliphatic carbocycles. The molecule has 1 fully saturated rings. The standard InChI is InChI=1S/C30H31N7O4S.H2O/c1-20-5-7-22(8-6-20)37-28(33-30(38)24-19-32-36-14-4-13-31-29(24)36)18-25(34-37)21-11-15-35(16-12-21)42(39)27-10-9-23(40-2)17-26(27)41-3;/h4-10,13-14,17-19,21H,11-12,15-16H2,1-3H3,(H,33,38);1H2. The third kappa shape index (κ3) is 6.00. The van der Waals surface area contributed by atoms with Crippen molar-refractivity contribution in [3.05, 3.63) is 90.0 Å². The number of anilines is 1. The fourth-order valence-electron chi connectivity index (χ4n) is 5.12. The second-order valence-corrected chi connectivity index (χ2v) is 11.5. The molecule has 1 amide bonds. The number of nitrogens with zero attached hydrogens (tertiary/aromatic N) is 6. The quantitative estimate of drug-likeness (QED) is 0.285. The van der Waals surface area contributed by atoms with Gasteiger partial charge in [0.15, 0.2) is 5.65 Å². The first-order valence-corrected chi connectivity index (χ1v) is 14.7. The van der Waals surface area contributed by atoms with Gasteiger partial charge in [0, 0.05) is 43.5 Å². The molecular weight excluding hydrogens is 570 g/mol. The summed E-state index contributed by atoms with van der Waals surface area (Å²) in [5, 5.41) is 12.2. The van der Waals surface area contributed by atoms with Crippen molar-refractivity contribution >= 4 is 28.4 Å². The lowest BCUT2D eigenvalue weighted by Crippen LogP contribution is -2.34. The Morgan fingerprint density at radius 1 is 1.05 bits per heavy atom. The smallest absolute Gasteiger partial charge is 0.262 e. The first kappa shape index (κ1) is 29.9. The predicted octanol–water partition coefficient (Wildman–Crippen LogP) is 3.57. The second kappa shape index (κ2) is 12.7. The molecule has 4 heterocycles. The van der Waals surface area contributed by atoms with Crippen molar-refractivity contribution in [3.63, 3.8) is 0 Å². The van der Waals surface area contributed by atoms with Gasteiger partial charge in [-0.05, 0) is 50.1 Å². The number of rotatable bonds is 8. The molecule has 224 valence electrons. The van der Waals surface area contributed by atoms with E-state index < -0.39 is 11.0 Å². The van der Waals surface area contributed by atoms with Crippen LogP contribution in [-0.4, -0.2) is 71.6 Å². The Bertz CT molecular complexity index is 1760. The van der Waals surface area contributed by atoms with E-state index in [1.54, 1.807) is 60.1 Å². The maximum Gasteiger partial charge on any atom is 0.262 e. The van der Waals surface area contributed by atoms with Crippen LogP contribution < -0.4 is 14.8 Å². The predicted molar refractivity (Wildman–Crippen MR) is 162 cm³/mol. The topological polar surface area (TPSA) is 147 Å². The van der Waals surface area contributed by atoms with Crippen molar-refractivity contribution in [2.45, 2.75) is 30.6 Å². The number of ether oxygens (including phenoxy) is 2. The van der Waals surface area contributed by atoms with Gasteiger partial charge >= 0.3 is 0 Å². The van der Waals surface area contributed by atoms with Crippen LogP contribution in [0.15, 0.2) is 78.1 Å². The number of methoxy groups -OCH3 is 2. The summed E-state index contributed by atoms with van der Waals surface area (Å²) in [5.74, 6) is 1.56. The highest BCUT2D eigenvalue weighted by atomic mass is 32.2. The van der Waals surface area contributed by atoms with Gasteiger partial charge in [-0.25, -0.2) is 22.7 Å². The molecule has 0 radical (unpaired) electrons. The minimum absolute atomic E-state index is 0. The summed E-state index contributed by atoms with van der Waals surface area (Å²) in [6.45, 7) is 3.28. The van der Waals surface area contributed by atoms with E-state index in [1.165, 1.54) is 6.20 Å². The molecule has 3 N–H and O–H groups in total. The number of fused-ring (bicyclic) bond motifs is 1. The number of aromatic nitrogens is 5. The van der Waals surface area contributed by atoms with Crippen molar-refractivity contribution in [2.75, 3.05) is 32.6 Å². The molecule has 43 heavy (non-hydrogen) atoms. The monoisotopic (exact) mass is 603 g/mol. The first-order chi connectivity index (χ1) is 20.4. The van der Waals surface area contributed by atoms with Crippen LogP contribution in [0, 0.1) is 6.92 Å². The van der Waals surface area contributed by atoms with Crippen molar-refractivity contribution < 1.29 is 24.0 Å². The molecular formula is C30H33N7O5S. The Morgan fingerprint density at radius 2 is 1.81 bits per heavy atom. The molecule has 0 bridgehead atoms. The van der Waals surface area contributed by atoms with E-state index in [0.29, 0.717) is 46.5 Å². The molecule has 12 nitrogen and oxygen atoms in total. The van der Waals surface area contributed by atoms with Crippen LogP contribution in [0.4, 0.5) is 5.82 Å². The van der Waals surface area contributed by atoms with Crippen molar-refractivity contribution in [2.24, 2.45) is 0 Å². The molecule has 2 aromatic carbocycles. The van der Waals surface area contributed by atoms with Gasteiger partial charge in [-0.1, -0.05) is 17.7 Å². The van der Waals surface area contributed by atoms with E-state index in [1.807, 2.05) is 41.6 Å². The van der Waals surface area contributed by atoms with E-state index in [2.05, 4.69) is 15.4 Å². The van der Waals surface area contributed by atoms with Gasteiger partial charge in [-0.15, -0.1) is 0 Å². The van der Waals surface area contributed by atoms with Gasteiger partial charge in [0.2, 0.25) is 0 Å². The van der Waals surface area contributed by atoms with E-state index >= 15 is 0 Å². The number of carbonyl (C=O) groups is 1. The molecule has 1 unspecified atom stereocenters. The minimum atomic E-state index is -1.37. The van der Waals surface area contributed by atoms with Gasteiger partial charge in [0.1, 0.15) is 33.9 Å². The average molecular weight is 604 g/mol. The number of piperidine rings is 1. The summed E-state index contributed by atoms with van der Waals surface area (Å²) in [4.78, 5) is 18.3. The first-order valence-electron chi connectivity index (χ1n) is 13.6. The molecule has 13 heteroatoms. The summed E-state index contributed by atoms with van der Waals surface area (Å²) in [7, 11) is 1.78. The van der Waals surface area contributed by atoms with Crippen molar-refractivity contribution in [3.8, 4) is 17.2 Å². The molecule has 6 rings (SSSR count). The number of benzene rings is 2. The Hall–Kier alpha value is -4.59. The fraction of sp³-hybridized carbons (Fsp3) is 0.267. The average Bonchev–Trinajstić information content (AvgIpc) is 3.65. The Morgan fingerprint density at radius 3 is 2.53 bits per heavy atom. The normalized spacial score (nSPS) is 14.7. The number of nitrogens with one attached hydrogen (secondary N) is 1. The van der Waals surface area contributed by atoms with Crippen molar-refractivity contribution in [1.29, 1.82) is 0 Å². The minimum Gasteiger partial charge on any atom is -0.497 e. The zero-order valence-electron chi connectivity index (χ0n) is 24.1. The summed E-state index contributed by atoms with van der Waals surface area (Å²) in [5.41, 5.74) is 3.69. The number of hydrogen-bond donors (Lipinski definition) is 1. The molecule has 0 spiro atoms. The fourth-order valence-corrected chi connectivity index (χ4v) is 6.44. The summed E-state index contributed by atoms with van der Waals surface area (Å²) >= 11 is 0. The maximum atomic E-state index is 13.5. The van der Waals surface area contributed by atoms with Gasteiger partial charge < -0.3 is 20.3 Å². The van der Waals surface area contributed by atoms with Gasteiger partial charge in [0.25, 0.3) is 5.91 Å². The molecule has 1 aliphatic heterocycles. The third-order valence-corrected chi connectivity index (χ3v) is 8.99. The number of amides is 1. The Labute approximate surface area is 251 Å². The molecule has 5 aromatic rings. The lowest BCUT2D eigenvalue weighted by atomic mass is 9.95. The van der Waals surface area contributed by atoms with Crippen LogP contribution in [0.3, 0.4) is 0 Å². The Kier molecular flexibility index (Phi) is 8.85. The van der Waals surface area contributed by atoms with Crippen LogP contribution in [0.2, 0.25) is 0 Å². The largest absolute Gasteiger partial charge is 0.497 e. The SMILES string of the molecule is COc1ccc(S(=O)N2CCC(c3cc(NC(=O)c4cnn5cccnc45)n(-c4ccc(C)cc4)n3)CC2)c(OC)c1.O. The zero-order valence-corrected chi connectivity index (χ0v) is 24.9. The van der Waals surface area contributed by atoms with Gasteiger partial charge in [-0.3, -0.25) is 4.79 Å². The highest BCUT2D eigenvalue weighted by Gasteiger charge is 2.29. The summed E-state index contributed by atoms with van der Waals surface area (Å²) < 4.78 is 29.5. The van der Waals surface area contributed by atoms with E-state index in [-0.39, 0.29) is 17.3 Å². The van der Waals surface area contributed by atoms with E-state index in [4.69, 9.17) is 14.6 Å². The van der Waals surface area contributed by atoms with E-state index in [9.17, 15) is 9.00 Å². The molecule has 3 aromatic heterocycles. The maximum absolute atomic E-state index is 13.5. The van der Waals surface area contributed by atoms with Crippen LogP contribution >= 0.6 is 0 Å². The summed E-state index contributed by atoms with van der Waals surface area (Å²) in [6, 6.07) is 17.0.